The number of hydrogen-bond donors (Lipinski definition) is 1. The molecule has 2 aromatic carbocycles. The van der Waals surface area contributed by atoms with E-state index in [1.165, 1.54) is 24.0 Å². The van der Waals surface area contributed by atoms with Crippen molar-refractivity contribution in [1.29, 1.82) is 0 Å². The second kappa shape index (κ2) is 8.49. The first-order chi connectivity index (χ1) is 14.5. The predicted octanol–water partition coefficient (Wildman–Crippen LogP) is 4.25. The van der Waals surface area contributed by atoms with Crippen molar-refractivity contribution < 1.29 is 9.18 Å². The molecule has 6 nitrogen and oxygen atoms in total. The van der Waals surface area contributed by atoms with Gasteiger partial charge in [0, 0.05) is 43.5 Å². The number of aryl methyl sites for hydroxylation is 2. The van der Waals surface area contributed by atoms with Crippen molar-refractivity contribution >= 4 is 17.5 Å². The van der Waals surface area contributed by atoms with Gasteiger partial charge in [-0.1, -0.05) is 29.8 Å². The van der Waals surface area contributed by atoms with Crippen LogP contribution in [-0.4, -0.2) is 47.1 Å². The fourth-order valence-electron chi connectivity index (χ4n) is 3.61. The van der Waals surface area contributed by atoms with E-state index in [0.29, 0.717) is 37.4 Å². The van der Waals surface area contributed by atoms with Crippen LogP contribution in [-0.2, 0) is 0 Å². The summed E-state index contributed by atoms with van der Waals surface area (Å²) in [6, 6.07) is 14.1. The Morgan fingerprint density at radius 1 is 1.00 bits per heavy atom. The molecule has 1 N–H and O–H groups in total. The highest BCUT2D eigenvalue weighted by Crippen LogP contribution is 2.23. The molecule has 0 unspecified atom stereocenters. The van der Waals surface area contributed by atoms with Crippen molar-refractivity contribution in [2.45, 2.75) is 13.8 Å². The van der Waals surface area contributed by atoms with E-state index in [4.69, 9.17) is 0 Å². The highest BCUT2D eigenvalue weighted by atomic mass is 19.1. The second-order valence-electron chi connectivity index (χ2n) is 7.49. The molecular formula is C23H24FN5O. The van der Waals surface area contributed by atoms with Gasteiger partial charge in [-0.2, -0.15) is 0 Å². The summed E-state index contributed by atoms with van der Waals surface area (Å²) in [5.74, 6) is 0.481. The maximum absolute atomic E-state index is 13.5. The molecule has 154 valence electrons. The van der Waals surface area contributed by atoms with Crippen molar-refractivity contribution in [1.82, 2.24) is 14.9 Å². The Morgan fingerprint density at radius 3 is 2.53 bits per heavy atom. The largest absolute Gasteiger partial charge is 0.353 e. The van der Waals surface area contributed by atoms with Crippen LogP contribution in [0.3, 0.4) is 0 Å². The van der Waals surface area contributed by atoms with Crippen LogP contribution in [0.2, 0.25) is 0 Å². The SMILES string of the molecule is Cc1ccc(NC(=O)N2CCN(c3cc(-c4cccc(F)c4)ncn3)CC2)c(C)c1. The topological polar surface area (TPSA) is 61.4 Å². The fourth-order valence-corrected chi connectivity index (χ4v) is 3.61. The lowest BCUT2D eigenvalue weighted by Crippen LogP contribution is -2.50. The Balaban J connectivity index is 1.40. The summed E-state index contributed by atoms with van der Waals surface area (Å²) >= 11 is 0. The molecular weight excluding hydrogens is 381 g/mol. The highest BCUT2D eigenvalue weighted by molar-refractivity contribution is 5.90. The van der Waals surface area contributed by atoms with E-state index in [-0.39, 0.29) is 11.8 Å². The minimum Gasteiger partial charge on any atom is -0.353 e. The van der Waals surface area contributed by atoms with Gasteiger partial charge in [0.15, 0.2) is 0 Å². The van der Waals surface area contributed by atoms with Gasteiger partial charge in [0.25, 0.3) is 0 Å². The fraction of sp³-hybridized carbons (Fsp3) is 0.261. The van der Waals surface area contributed by atoms with E-state index in [0.717, 1.165) is 17.1 Å². The molecule has 1 saturated heterocycles. The molecule has 2 amide bonds. The van der Waals surface area contributed by atoms with Gasteiger partial charge < -0.3 is 15.1 Å². The van der Waals surface area contributed by atoms with Gasteiger partial charge in [-0.05, 0) is 37.6 Å². The zero-order valence-electron chi connectivity index (χ0n) is 17.1. The van der Waals surface area contributed by atoms with E-state index in [1.54, 1.807) is 6.07 Å². The molecule has 1 fully saturated rings. The molecule has 3 aromatic rings. The lowest BCUT2D eigenvalue weighted by atomic mass is 10.1. The summed E-state index contributed by atoms with van der Waals surface area (Å²) in [6.07, 6.45) is 1.49. The van der Waals surface area contributed by atoms with E-state index in [1.807, 2.05) is 43.0 Å². The molecule has 0 atom stereocenters. The van der Waals surface area contributed by atoms with Crippen LogP contribution < -0.4 is 10.2 Å². The summed E-state index contributed by atoms with van der Waals surface area (Å²) < 4.78 is 13.5. The molecule has 7 heteroatoms. The molecule has 4 rings (SSSR count). The van der Waals surface area contributed by atoms with Gasteiger partial charge in [-0.15, -0.1) is 0 Å². The first-order valence-corrected chi connectivity index (χ1v) is 9.96. The van der Waals surface area contributed by atoms with Crippen molar-refractivity contribution in [2.24, 2.45) is 0 Å². The summed E-state index contributed by atoms with van der Waals surface area (Å²) in [7, 11) is 0. The monoisotopic (exact) mass is 405 g/mol. The molecule has 0 spiro atoms. The van der Waals surface area contributed by atoms with Gasteiger partial charge in [0.2, 0.25) is 0 Å². The number of halogens is 1. The Kier molecular flexibility index (Phi) is 5.61. The molecule has 2 heterocycles. The zero-order valence-corrected chi connectivity index (χ0v) is 17.1. The second-order valence-corrected chi connectivity index (χ2v) is 7.49. The third-order valence-electron chi connectivity index (χ3n) is 5.29. The standard InChI is InChI=1S/C23H24FN5O/c1-16-6-7-20(17(2)12-16)27-23(30)29-10-8-28(9-11-29)22-14-21(25-15-26-22)18-4-3-5-19(24)13-18/h3-7,12-15H,8-11H2,1-2H3,(H,27,30). The Bertz CT molecular complexity index is 1060. The van der Waals surface area contributed by atoms with Crippen LogP contribution in [0.1, 0.15) is 11.1 Å². The zero-order chi connectivity index (χ0) is 21.1. The molecule has 1 aliphatic rings. The van der Waals surface area contributed by atoms with Crippen LogP contribution in [0.15, 0.2) is 54.9 Å². The lowest BCUT2D eigenvalue weighted by Gasteiger charge is -2.35. The average molecular weight is 405 g/mol. The third-order valence-corrected chi connectivity index (χ3v) is 5.29. The number of hydrogen-bond acceptors (Lipinski definition) is 4. The van der Waals surface area contributed by atoms with Crippen molar-refractivity contribution in [3.8, 4) is 11.3 Å². The number of nitrogens with zero attached hydrogens (tertiary/aromatic N) is 4. The first-order valence-electron chi connectivity index (χ1n) is 9.96. The quantitative estimate of drug-likeness (QED) is 0.708. The summed E-state index contributed by atoms with van der Waals surface area (Å²) in [5.41, 5.74) is 4.44. The number of piperazine rings is 1. The van der Waals surface area contributed by atoms with Gasteiger partial charge in [-0.25, -0.2) is 19.2 Å². The number of aromatic nitrogens is 2. The van der Waals surface area contributed by atoms with Crippen molar-refractivity contribution in [2.75, 3.05) is 36.4 Å². The maximum Gasteiger partial charge on any atom is 0.321 e. The Morgan fingerprint density at radius 2 is 1.80 bits per heavy atom. The van der Waals surface area contributed by atoms with Gasteiger partial charge in [-0.3, -0.25) is 0 Å². The first kappa shape index (κ1) is 19.8. The third kappa shape index (κ3) is 4.40. The Hall–Kier alpha value is -3.48. The summed E-state index contributed by atoms with van der Waals surface area (Å²) in [6.45, 7) is 6.54. The van der Waals surface area contributed by atoms with Crippen LogP contribution in [0.4, 0.5) is 20.7 Å². The van der Waals surface area contributed by atoms with Crippen molar-refractivity contribution in [3.63, 3.8) is 0 Å². The molecule has 1 aliphatic heterocycles. The molecule has 1 aromatic heterocycles. The average Bonchev–Trinajstić information content (AvgIpc) is 2.76. The molecule has 0 bridgehead atoms. The number of amides is 2. The van der Waals surface area contributed by atoms with Crippen LogP contribution in [0, 0.1) is 19.7 Å². The lowest BCUT2D eigenvalue weighted by molar-refractivity contribution is 0.208. The van der Waals surface area contributed by atoms with Crippen LogP contribution in [0.5, 0.6) is 0 Å². The normalized spacial score (nSPS) is 14.0. The number of nitrogens with one attached hydrogen (secondary N) is 1. The van der Waals surface area contributed by atoms with Gasteiger partial charge in [0.05, 0.1) is 5.69 Å². The number of carbonyl (C=O) groups is 1. The summed E-state index contributed by atoms with van der Waals surface area (Å²) in [4.78, 5) is 25.2. The van der Waals surface area contributed by atoms with Gasteiger partial charge >= 0.3 is 6.03 Å². The van der Waals surface area contributed by atoms with Crippen LogP contribution in [0.25, 0.3) is 11.3 Å². The highest BCUT2D eigenvalue weighted by Gasteiger charge is 2.22. The summed E-state index contributed by atoms with van der Waals surface area (Å²) in [5, 5.41) is 3.00. The minimum absolute atomic E-state index is 0.0928. The molecule has 0 aliphatic carbocycles. The number of anilines is 2. The van der Waals surface area contributed by atoms with E-state index >= 15 is 0 Å². The predicted molar refractivity (Wildman–Crippen MR) is 116 cm³/mol. The van der Waals surface area contributed by atoms with E-state index in [9.17, 15) is 9.18 Å². The molecule has 0 radical (unpaired) electrons. The molecule has 0 saturated carbocycles. The smallest absolute Gasteiger partial charge is 0.321 e. The number of rotatable bonds is 3. The van der Waals surface area contributed by atoms with Crippen LogP contribution >= 0.6 is 0 Å². The maximum atomic E-state index is 13.5. The molecule has 30 heavy (non-hydrogen) atoms. The number of benzene rings is 2. The number of carbonyl (C=O) groups excluding carboxylic acids is 1. The minimum atomic E-state index is -0.295. The Labute approximate surface area is 175 Å². The van der Waals surface area contributed by atoms with E-state index in [2.05, 4.69) is 26.3 Å². The van der Waals surface area contributed by atoms with Gasteiger partial charge in [0.1, 0.15) is 18.0 Å². The van der Waals surface area contributed by atoms with Crippen molar-refractivity contribution in [3.05, 3.63) is 71.8 Å². The number of urea groups is 1. The van der Waals surface area contributed by atoms with E-state index < -0.39 is 0 Å².